The van der Waals surface area contributed by atoms with Crippen molar-refractivity contribution in [3.8, 4) is 11.1 Å². The molecular formula is C15H15N3O. The molecule has 1 aromatic heterocycles. The zero-order chi connectivity index (χ0) is 12.8. The highest BCUT2D eigenvalue weighted by atomic mass is 16.2. The molecule has 1 aliphatic carbocycles. The number of H-pyrrole nitrogens is 1. The fourth-order valence-electron chi connectivity index (χ4n) is 3.13. The van der Waals surface area contributed by atoms with E-state index >= 15 is 0 Å². The highest BCUT2D eigenvalue weighted by Gasteiger charge is 2.24. The second-order valence-electron chi connectivity index (χ2n) is 5.24. The SMILES string of the molecule is O=C1CCCN1c1ccc2c(c1)CCc1n[nH]cc1-2. The maximum Gasteiger partial charge on any atom is 0.227 e. The van der Waals surface area contributed by atoms with Gasteiger partial charge in [0.1, 0.15) is 0 Å². The Morgan fingerprint density at radius 3 is 2.95 bits per heavy atom. The Kier molecular flexibility index (Phi) is 2.24. The van der Waals surface area contributed by atoms with E-state index in [1.165, 1.54) is 16.7 Å². The number of carbonyl (C=O) groups excluding carboxylic acids is 1. The van der Waals surface area contributed by atoms with Crippen molar-refractivity contribution in [1.82, 2.24) is 10.2 Å². The highest BCUT2D eigenvalue weighted by molar-refractivity contribution is 5.95. The lowest BCUT2D eigenvalue weighted by molar-refractivity contribution is -0.117. The van der Waals surface area contributed by atoms with Gasteiger partial charge in [-0.2, -0.15) is 5.10 Å². The van der Waals surface area contributed by atoms with Gasteiger partial charge in [-0.05, 0) is 42.5 Å². The van der Waals surface area contributed by atoms with Crippen LogP contribution in [-0.2, 0) is 17.6 Å². The van der Waals surface area contributed by atoms with Crippen molar-refractivity contribution in [1.29, 1.82) is 0 Å². The summed E-state index contributed by atoms with van der Waals surface area (Å²) in [6.07, 6.45) is 5.60. The lowest BCUT2D eigenvalue weighted by Gasteiger charge is -2.20. The average molecular weight is 253 g/mol. The number of aromatic nitrogens is 2. The van der Waals surface area contributed by atoms with Gasteiger partial charge in [-0.15, -0.1) is 0 Å². The normalized spacial score (nSPS) is 17.5. The Hall–Kier alpha value is -2.10. The first-order valence-corrected chi connectivity index (χ1v) is 6.79. The molecule has 0 atom stereocenters. The van der Waals surface area contributed by atoms with Gasteiger partial charge in [-0.1, -0.05) is 6.07 Å². The second-order valence-corrected chi connectivity index (χ2v) is 5.24. The van der Waals surface area contributed by atoms with E-state index in [4.69, 9.17) is 0 Å². The molecule has 1 amide bonds. The van der Waals surface area contributed by atoms with Crippen LogP contribution in [0.2, 0.25) is 0 Å². The van der Waals surface area contributed by atoms with Gasteiger partial charge in [0.15, 0.2) is 0 Å². The van der Waals surface area contributed by atoms with Gasteiger partial charge in [0, 0.05) is 30.4 Å². The fraction of sp³-hybridized carbons (Fsp3) is 0.333. The summed E-state index contributed by atoms with van der Waals surface area (Å²) in [5, 5.41) is 7.22. The van der Waals surface area contributed by atoms with E-state index < -0.39 is 0 Å². The summed E-state index contributed by atoms with van der Waals surface area (Å²) in [6.45, 7) is 0.856. The number of fused-ring (bicyclic) bond motifs is 3. The molecule has 4 nitrogen and oxygen atoms in total. The first-order valence-electron chi connectivity index (χ1n) is 6.79. The lowest BCUT2D eigenvalue weighted by Crippen LogP contribution is -2.23. The van der Waals surface area contributed by atoms with Crippen LogP contribution in [0.15, 0.2) is 24.4 Å². The molecule has 4 heteroatoms. The smallest absolute Gasteiger partial charge is 0.227 e. The van der Waals surface area contributed by atoms with Gasteiger partial charge in [0.05, 0.1) is 5.69 Å². The van der Waals surface area contributed by atoms with E-state index in [0.717, 1.165) is 37.2 Å². The van der Waals surface area contributed by atoms with Crippen LogP contribution in [0.25, 0.3) is 11.1 Å². The molecule has 0 spiro atoms. The predicted molar refractivity (Wildman–Crippen MR) is 73.0 cm³/mol. The van der Waals surface area contributed by atoms with E-state index in [9.17, 15) is 4.79 Å². The van der Waals surface area contributed by atoms with Gasteiger partial charge in [0.25, 0.3) is 0 Å². The van der Waals surface area contributed by atoms with Gasteiger partial charge >= 0.3 is 0 Å². The van der Waals surface area contributed by atoms with E-state index in [-0.39, 0.29) is 5.91 Å². The number of amides is 1. The van der Waals surface area contributed by atoms with Crippen LogP contribution in [0.3, 0.4) is 0 Å². The predicted octanol–water partition coefficient (Wildman–Crippen LogP) is 2.30. The number of rotatable bonds is 1. The summed E-state index contributed by atoms with van der Waals surface area (Å²) >= 11 is 0. The molecule has 19 heavy (non-hydrogen) atoms. The van der Waals surface area contributed by atoms with Crippen molar-refractivity contribution in [2.75, 3.05) is 11.4 Å². The summed E-state index contributed by atoms with van der Waals surface area (Å²) in [5.74, 6) is 0.250. The van der Waals surface area contributed by atoms with Crippen LogP contribution in [0.1, 0.15) is 24.1 Å². The van der Waals surface area contributed by atoms with Crippen molar-refractivity contribution in [2.24, 2.45) is 0 Å². The first kappa shape index (κ1) is 10.8. The highest BCUT2D eigenvalue weighted by Crippen LogP contribution is 2.35. The van der Waals surface area contributed by atoms with Crippen molar-refractivity contribution < 1.29 is 4.79 Å². The molecule has 1 saturated heterocycles. The minimum absolute atomic E-state index is 0.250. The van der Waals surface area contributed by atoms with Crippen LogP contribution in [0, 0.1) is 0 Å². The summed E-state index contributed by atoms with van der Waals surface area (Å²) in [6, 6.07) is 6.36. The molecule has 0 unspecified atom stereocenters. The molecule has 1 N–H and O–H groups in total. The summed E-state index contributed by atoms with van der Waals surface area (Å²) < 4.78 is 0. The molecular weight excluding hydrogens is 238 g/mol. The third kappa shape index (κ3) is 1.59. The number of hydrogen-bond donors (Lipinski definition) is 1. The molecule has 2 aliphatic rings. The Balaban J connectivity index is 1.78. The monoisotopic (exact) mass is 253 g/mol. The number of benzene rings is 1. The van der Waals surface area contributed by atoms with Crippen molar-refractivity contribution >= 4 is 11.6 Å². The number of anilines is 1. The quantitative estimate of drug-likeness (QED) is 0.847. The molecule has 1 aromatic carbocycles. The minimum atomic E-state index is 0.250. The topological polar surface area (TPSA) is 49.0 Å². The van der Waals surface area contributed by atoms with Crippen LogP contribution in [0.4, 0.5) is 5.69 Å². The molecule has 4 rings (SSSR count). The van der Waals surface area contributed by atoms with E-state index in [2.05, 4.69) is 28.4 Å². The summed E-state index contributed by atoms with van der Waals surface area (Å²) in [7, 11) is 0. The Bertz CT molecular complexity index is 659. The largest absolute Gasteiger partial charge is 0.312 e. The molecule has 0 radical (unpaired) electrons. The molecule has 1 fully saturated rings. The third-order valence-corrected chi connectivity index (χ3v) is 4.11. The van der Waals surface area contributed by atoms with Crippen molar-refractivity contribution in [2.45, 2.75) is 25.7 Å². The number of carbonyl (C=O) groups is 1. The number of aryl methyl sites for hydroxylation is 2. The Morgan fingerprint density at radius 2 is 2.11 bits per heavy atom. The number of hydrogen-bond acceptors (Lipinski definition) is 2. The zero-order valence-corrected chi connectivity index (χ0v) is 10.6. The van der Waals surface area contributed by atoms with Gasteiger partial charge < -0.3 is 4.90 Å². The Labute approximate surface area is 111 Å². The molecule has 1 aliphatic heterocycles. The molecule has 96 valence electrons. The van der Waals surface area contributed by atoms with Gasteiger partial charge in [0.2, 0.25) is 5.91 Å². The third-order valence-electron chi connectivity index (χ3n) is 4.11. The maximum atomic E-state index is 11.8. The number of nitrogens with zero attached hydrogens (tertiary/aromatic N) is 2. The number of nitrogens with one attached hydrogen (secondary N) is 1. The lowest BCUT2D eigenvalue weighted by atomic mass is 9.89. The number of aromatic amines is 1. The van der Waals surface area contributed by atoms with E-state index in [1.54, 1.807) is 0 Å². The first-order chi connectivity index (χ1) is 9.33. The fourth-order valence-corrected chi connectivity index (χ4v) is 3.13. The molecule has 0 saturated carbocycles. The zero-order valence-electron chi connectivity index (χ0n) is 10.6. The standard InChI is InChI=1S/C15H15N3O/c19-15-2-1-7-18(15)11-4-5-12-10(8-11)3-6-14-13(12)9-16-17-14/h4-5,8-9H,1-3,6-7H2,(H,16,17). The summed E-state index contributed by atoms with van der Waals surface area (Å²) in [5.41, 5.74) is 5.99. The average Bonchev–Trinajstić information content (AvgIpc) is 3.06. The maximum absolute atomic E-state index is 11.8. The summed E-state index contributed by atoms with van der Waals surface area (Å²) in [4.78, 5) is 13.7. The molecule has 2 heterocycles. The van der Waals surface area contributed by atoms with Crippen LogP contribution >= 0.6 is 0 Å². The van der Waals surface area contributed by atoms with Crippen molar-refractivity contribution in [3.63, 3.8) is 0 Å². The van der Waals surface area contributed by atoms with E-state index in [1.807, 2.05) is 11.1 Å². The van der Waals surface area contributed by atoms with Crippen LogP contribution < -0.4 is 4.90 Å². The van der Waals surface area contributed by atoms with Crippen LogP contribution in [-0.4, -0.2) is 22.6 Å². The van der Waals surface area contributed by atoms with E-state index in [0.29, 0.717) is 6.42 Å². The van der Waals surface area contributed by atoms with Gasteiger partial charge in [-0.3, -0.25) is 9.89 Å². The Morgan fingerprint density at radius 1 is 1.16 bits per heavy atom. The van der Waals surface area contributed by atoms with Crippen LogP contribution in [0.5, 0.6) is 0 Å². The molecule has 2 aromatic rings. The molecule has 0 bridgehead atoms. The van der Waals surface area contributed by atoms with Gasteiger partial charge in [-0.25, -0.2) is 0 Å². The minimum Gasteiger partial charge on any atom is -0.312 e. The second kappa shape index (κ2) is 3.95. The van der Waals surface area contributed by atoms with Crippen molar-refractivity contribution in [3.05, 3.63) is 35.7 Å².